The SMILES string of the molecule is CC(C)[C@@H](NC(=O)c1ccc(-c2noc(C(F)F)n2)cc1)C(=O)O. The molecule has 1 aromatic carbocycles. The lowest BCUT2D eigenvalue weighted by Crippen LogP contribution is -2.44. The number of carboxylic acids is 1. The Bertz CT molecular complexity index is 729. The van der Waals surface area contributed by atoms with Crippen molar-refractivity contribution in [3.8, 4) is 11.4 Å². The summed E-state index contributed by atoms with van der Waals surface area (Å²) in [5, 5.41) is 14.9. The minimum Gasteiger partial charge on any atom is -0.480 e. The van der Waals surface area contributed by atoms with Crippen LogP contribution in [0.15, 0.2) is 28.8 Å². The van der Waals surface area contributed by atoms with Gasteiger partial charge in [0.1, 0.15) is 6.04 Å². The van der Waals surface area contributed by atoms with Crippen molar-refractivity contribution in [3.63, 3.8) is 0 Å². The van der Waals surface area contributed by atoms with E-state index in [0.717, 1.165) is 0 Å². The Morgan fingerprint density at radius 3 is 2.29 bits per heavy atom. The molecule has 1 heterocycles. The van der Waals surface area contributed by atoms with E-state index in [1.165, 1.54) is 24.3 Å². The fraction of sp³-hybridized carbons (Fsp3) is 0.333. The molecular weight excluding hydrogens is 324 g/mol. The van der Waals surface area contributed by atoms with E-state index in [1.807, 2.05) is 0 Å². The highest BCUT2D eigenvalue weighted by atomic mass is 19.3. The number of benzene rings is 1. The molecule has 0 radical (unpaired) electrons. The standard InChI is InChI=1S/C15H15F2N3O4/c1-7(2)10(15(22)23)18-13(21)9-5-3-8(4-6-9)12-19-14(11(16)17)24-20-12/h3-7,10-11H,1-2H3,(H,18,21)(H,22,23)/t10-/m1/s1. The van der Waals surface area contributed by atoms with Gasteiger partial charge in [0.15, 0.2) is 0 Å². The molecule has 9 heteroatoms. The molecule has 0 spiro atoms. The zero-order chi connectivity index (χ0) is 17.9. The molecule has 0 bridgehead atoms. The molecule has 0 aliphatic rings. The van der Waals surface area contributed by atoms with Gasteiger partial charge in [0, 0.05) is 11.1 Å². The molecule has 1 amide bonds. The Balaban J connectivity index is 2.13. The van der Waals surface area contributed by atoms with Crippen LogP contribution in [0.4, 0.5) is 8.78 Å². The third-order valence-corrected chi connectivity index (χ3v) is 3.25. The minimum absolute atomic E-state index is 0.0251. The fourth-order valence-electron chi connectivity index (χ4n) is 1.95. The van der Waals surface area contributed by atoms with E-state index < -0.39 is 30.2 Å². The van der Waals surface area contributed by atoms with Crippen molar-refractivity contribution in [2.24, 2.45) is 5.92 Å². The second-order valence-electron chi connectivity index (χ2n) is 5.37. The molecule has 0 unspecified atom stereocenters. The van der Waals surface area contributed by atoms with Crippen molar-refractivity contribution in [2.75, 3.05) is 0 Å². The molecular formula is C15H15F2N3O4. The van der Waals surface area contributed by atoms with Gasteiger partial charge in [0.05, 0.1) is 0 Å². The van der Waals surface area contributed by atoms with Gasteiger partial charge < -0.3 is 14.9 Å². The average molecular weight is 339 g/mol. The van der Waals surface area contributed by atoms with E-state index >= 15 is 0 Å². The lowest BCUT2D eigenvalue weighted by atomic mass is 10.0. The third-order valence-electron chi connectivity index (χ3n) is 3.25. The van der Waals surface area contributed by atoms with E-state index in [4.69, 9.17) is 5.11 Å². The molecule has 0 aliphatic carbocycles. The number of amides is 1. The maximum Gasteiger partial charge on any atom is 0.326 e. The van der Waals surface area contributed by atoms with Gasteiger partial charge in [-0.15, -0.1) is 0 Å². The maximum atomic E-state index is 12.4. The quantitative estimate of drug-likeness (QED) is 0.838. The predicted molar refractivity (Wildman–Crippen MR) is 78.4 cm³/mol. The van der Waals surface area contributed by atoms with Crippen molar-refractivity contribution in [1.29, 1.82) is 0 Å². The van der Waals surface area contributed by atoms with Crippen LogP contribution in [0.3, 0.4) is 0 Å². The van der Waals surface area contributed by atoms with Gasteiger partial charge >= 0.3 is 12.4 Å². The van der Waals surface area contributed by atoms with Gasteiger partial charge in [-0.05, 0) is 18.1 Å². The third kappa shape index (κ3) is 3.92. The number of aromatic nitrogens is 2. The Hall–Kier alpha value is -2.84. The van der Waals surface area contributed by atoms with E-state index in [0.29, 0.717) is 5.56 Å². The van der Waals surface area contributed by atoms with Gasteiger partial charge in [0.2, 0.25) is 5.82 Å². The second kappa shape index (κ2) is 7.16. The van der Waals surface area contributed by atoms with Crippen molar-refractivity contribution >= 4 is 11.9 Å². The van der Waals surface area contributed by atoms with Crippen molar-refractivity contribution in [1.82, 2.24) is 15.5 Å². The molecule has 0 aliphatic heterocycles. The van der Waals surface area contributed by atoms with Gasteiger partial charge in [-0.25, -0.2) is 4.79 Å². The number of nitrogens with one attached hydrogen (secondary N) is 1. The number of carbonyl (C=O) groups excluding carboxylic acids is 1. The number of carbonyl (C=O) groups is 2. The number of aliphatic carboxylic acids is 1. The zero-order valence-electron chi connectivity index (χ0n) is 12.9. The highest BCUT2D eigenvalue weighted by Gasteiger charge is 2.24. The number of nitrogens with zero attached hydrogens (tertiary/aromatic N) is 2. The zero-order valence-corrected chi connectivity index (χ0v) is 12.9. The minimum atomic E-state index is -2.86. The Labute approximate surface area is 135 Å². The number of hydrogen-bond acceptors (Lipinski definition) is 5. The first-order chi connectivity index (χ1) is 11.3. The molecule has 0 saturated carbocycles. The molecule has 2 aromatic rings. The van der Waals surface area contributed by atoms with E-state index in [-0.39, 0.29) is 17.3 Å². The van der Waals surface area contributed by atoms with Gasteiger partial charge in [-0.3, -0.25) is 4.79 Å². The summed E-state index contributed by atoms with van der Waals surface area (Å²) in [5.74, 6) is -2.76. The molecule has 0 saturated heterocycles. The number of carboxylic acid groups (broad SMARTS) is 1. The molecule has 128 valence electrons. The van der Waals surface area contributed by atoms with Gasteiger partial charge in [0.25, 0.3) is 11.8 Å². The molecule has 0 fully saturated rings. The highest BCUT2D eigenvalue weighted by Crippen LogP contribution is 2.21. The summed E-state index contributed by atoms with van der Waals surface area (Å²) in [4.78, 5) is 26.7. The smallest absolute Gasteiger partial charge is 0.326 e. The largest absolute Gasteiger partial charge is 0.480 e. The Morgan fingerprint density at radius 1 is 1.21 bits per heavy atom. The van der Waals surface area contributed by atoms with Crippen LogP contribution in [-0.4, -0.2) is 33.2 Å². The molecule has 2 rings (SSSR count). The maximum absolute atomic E-state index is 12.4. The molecule has 1 aromatic heterocycles. The van der Waals surface area contributed by atoms with Crippen LogP contribution in [0.25, 0.3) is 11.4 Å². The first-order valence-electron chi connectivity index (χ1n) is 7.05. The lowest BCUT2D eigenvalue weighted by molar-refractivity contribution is -0.140. The fourth-order valence-corrected chi connectivity index (χ4v) is 1.95. The predicted octanol–water partition coefficient (Wildman–Crippen LogP) is 2.51. The summed E-state index contributed by atoms with van der Waals surface area (Å²) in [7, 11) is 0. The summed E-state index contributed by atoms with van der Waals surface area (Å²) >= 11 is 0. The van der Waals surface area contributed by atoms with Crippen molar-refractivity contribution < 1.29 is 28.0 Å². The number of rotatable bonds is 6. The van der Waals surface area contributed by atoms with Crippen LogP contribution in [0.2, 0.25) is 0 Å². The van der Waals surface area contributed by atoms with E-state index in [9.17, 15) is 18.4 Å². The van der Waals surface area contributed by atoms with E-state index in [2.05, 4.69) is 20.0 Å². The van der Waals surface area contributed by atoms with Crippen molar-refractivity contribution in [2.45, 2.75) is 26.3 Å². The lowest BCUT2D eigenvalue weighted by Gasteiger charge is -2.17. The Kier molecular flexibility index (Phi) is 5.22. The van der Waals surface area contributed by atoms with Gasteiger partial charge in [-0.1, -0.05) is 31.1 Å². The first kappa shape index (κ1) is 17.5. The monoisotopic (exact) mass is 339 g/mol. The second-order valence-corrected chi connectivity index (χ2v) is 5.37. The average Bonchev–Trinajstić information content (AvgIpc) is 3.02. The summed E-state index contributed by atoms with van der Waals surface area (Å²) in [5.41, 5.74) is 0.615. The first-order valence-corrected chi connectivity index (χ1v) is 7.05. The topological polar surface area (TPSA) is 105 Å². The van der Waals surface area contributed by atoms with Crippen LogP contribution >= 0.6 is 0 Å². The van der Waals surface area contributed by atoms with Crippen molar-refractivity contribution in [3.05, 3.63) is 35.7 Å². The molecule has 2 N–H and O–H groups in total. The van der Waals surface area contributed by atoms with Crippen LogP contribution in [-0.2, 0) is 4.79 Å². The summed E-state index contributed by atoms with van der Waals surface area (Å²) in [6, 6.07) is 4.74. The normalized spacial score (nSPS) is 12.4. The Morgan fingerprint density at radius 2 is 1.83 bits per heavy atom. The molecule has 1 atom stereocenters. The molecule has 24 heavy (non-hydrogen) atoms. The van der Waals surface area contributed by atoms with Crippen LogP contribution in [0.5, 0.6) is 0 Å². The summed E-state index contributed by atoms with van der Waals surface area (Å²) in [6.07, 6.45) is -2.86. The van der Waals surface area contributed by atoms with E-state index in [1.54, 1.807) is 13.8 Å². The summed E-state index contributed by atoms with van der Waals surface area (Å²) in [6.45, 7) is 3.36. The number of alkyl halides is 2. The van der Waals surface area contributed by atoms with Crippen LogP contribution in [0, 0.1) is 5.92 Å². The van der Waals surface area contributed by atoms with Crippen LogP contribution in [0.1, 0.15) is 36.5 Å². The highest BCUT2D eigenvalue weighted by molar-refractivity contribution is 5.96. The van der Waals surface area contributed by atoms with Gasteiger partial charge in [-0.2, -0.15) is 13.8 Å². The van der Waals surface area contributed by atoms with Crippen LogP contribution < -0.4 is 5.32 Å². The number of hydrogen-bond donors (Lipinski definition) is 2. The summed E-state index contributed by atoms with van der Waals surface area (Å²) < 4.78 is 29.2. The number of halogens is 2. The molecule has 7 nitrogen and oxygen atoms in total.